The van der Waals surface area contributed by atoms with Crippen molar-refractivity contribution < 1.29 is 9.36 Å². The summed E-state index contributed by atoms with van der Waals surface area (Å²) in [6.07, 6.45) is 0.343. The smallest absolute Gasteiger partial charge is 0.219 e. The number of hydrogen-bond acceptors (Lipinski definition) is 2. The molecule has 0 spiro atoms. The first-order chi connectivity index (χ1) is 9.91. The van der Waals surface area contributed by atoms with E-state index in [1.165, 1.54) is 5.56 Å². The van der Waals surface area contributed by atoms with E-state index in [2.05, 4.69) is 0 Å². The van der Waals surface area contributed by atoms with E-state index in [0.717, 1.165) is 22.3 Å². The maximum absolute atomic E-state index is 12.6. The van der Waals surface area contributed by atoms with Crippen LogP contribution in [-0.4, -0.2) is 5.52 Å². The maximum Gasteiger partial charge on any atom is 0.219 e. The Morgan fingerprint density at radius 1 is 0.952 bits per heavy atom. The molecule has 2 aromatic carbocycles. The number of carbonyl (C=O) groups excluding carboxylic acids is 1. The molecule has 0 radical (unpaired) electrons. The summed E-state index contributed by atoms with van der Waals surface area (Å²) >= 11 is 0. The van der Waals surface area contributed by atoms with Crippen LogP contribution in [0.5, 0.6) is 0 Å². The van der Waals surface area contributed by atoms with Crippen LogP contribution < -0.4 is 0 Å². The van der Waals surface area contributed by atoms with Crippen molar-refractivity contribution in [3.8, 4) is 0 Å². The lowest BCUT2D eigenvalue weighted by atomic mass is 9.95. The van der Waals surface area contributed by atoms with Crippen LogP contribution in [-0.2, 0) is 10.7 Å². The topological polar surface area (TPSA) is 34.1 Å². The molecule has 1 unspecified atom stereocenters. The lowest BCUT2D eigenvalue weighted by molar-refractivity contribution is 0.107. The third kappa shape index (κ3) is 3.33. The molecule has 0 heterocycles. The SMILES string of the molecule is Cc1cc(C)c(C(=O)[PH](=O)Cc2ccccc2)c(C)c1C. The second kappa shape index (κ2) is 6.41. The van der Waals surface area contributed by atoms with Crippen molar-refractivity contribution in [3.63, 3.8) is 0 Å². The number of benzene rings is 2. The highest BCUT2D eigenvalue weighted by Gasteiger charge is 2.20. The van der Waals surface area contributed by atoms with Gasteiger partial charge in [-0.15, -0.1) is 0 Å². The van der Waals surface area contributed by atoms with Crippen LogP contribution in [0.3, 0.4) is 0 Å². The van der Waals surface area contributed by atoms with Gasteiger partial charge in [-0.2, -0.15) is 0 Å². The molecule has 110 valence electrons. The van der Waals surface area contributed by atoms with Crippen molar-refractivity contribution in [3.05, 3.63) is 69.8 Å². The quantitative estimate of drug-likeness (QED) is 0.759. The molecule has 0 saturated heterocycles. The minimum atomic E-state index is -2.33. The molecule has 0 aromatic heterocycles. The summed E-state index contributed by atoms with van der Waals surface area (Å²) in [6.45, 7) is 7.91. The number of hydrogen-bond donors (Lipinski definition) is 0. The van der Waals surface area contributed by atoms with Crippen molar-refractivity contribution in [1.29, 1.82) is 0 Å². The molecule has 1 atom stereocenters. The molecule has 2 aromatic rings. The van der Waals surface area contributed by atoms with Gasteiger partial charge in [0.1, 0.15) is 7.80 Å². The first-order valence-corrected chi connectivity index (χ1v) is 8.72. The third-order valence-electron chi connectivity index (χ3n) is 4.04. The highest BCUT2D eigenvalue weighted by Crippen LogP contribution is 2.35. The van der Waals surface area contributed by atoms with Crippen LogP contribution in [0.4, 0.5) is 0 Å². The molecule has 3 heteroatoms. The molecule has 0 N–H and O–H groups in total. The standard InChI is InChI=1S/C18H21O2P/c1-12-10-13(2)17(15(4)14(12)3)18(19)21(20)11-16-8-6-5-7-9-16/h5-10,21H,11H2,1-4H3. The highest BCUT2D eigenvalue weighted by atomic mass is 31.1. The first kappa shape index (κ1) is 15.7. The van der Waals surface area contributed by atoms with E-state index < -0.39 is 7.80 Å². The Morgan fingerprint density at radius 3 is 2.19 bits per heavy atom. The van der Waals surface area contributed by atoms with Gasteiger partial charge in [0.15, 0.2) is 0 Å². The van der Waals surface area contributed by atoms with E-state index >= 15 is 0 Å². The van der Waals surface area contributed by atoms with Crippen LogP contribution in [0.1, 0.15) is 38.2 Å². The van der Waals surface area contributed by atoms with Crippen molar-refractivity contribution in [1.82, 2.24) is 0 Å². The van der Waals surface area contributed by atoms with Gasteiger partial charge in [0.25, 0.3) is 0 Å². The molecule has 2 rings (SSSR count). The van der Waals surface area contributed by atoms with E-state index in [-0.39, 0.29) is 5.52 Å². The van der Waals surface area contributed by atoms with E-state index in [1.54, 1.807) is 0 Å². The predicted octanol–water partition coefficient (Wildman–Crippen LogP) is 4.82. The van der Waals surface area contributed by atoms with Crippen LogP contribution in [0, 0.1) is 27.7 Å². The molecule has 21 heavy (non-hydrogen) atoms. The Balaban J connectivity index is 2.33. The molecule has 0 bridgehead atoms. The van der Waals surface area contributed by atoms with Crippen molar-refractivity contribution in [2.24, 2.45) is 0 Å². The molecule has 0 saturated carbocycles. The summed E-state index contributed by atoms with van der Waals surface area (Å²) in [6, 6.07) is 11.6. The second-order valence-electron chi connectivity index (χ2n) is 5.55. The van der Waals surface area contributed by atoms with Crippen molar-refractivity contribution >= 4 is 13.3 Å². The Morgan fingerprint density at radius 2 is 1.57 bits per heavy atom. The van der Waals surface area contributed by atoms with Crippen molar-refractivity contribution in [2.45, 2.75) is 33.9 Å². The van der Waals surface area contributed by atoms with E-state index in [0.29, 0.717) is 11.7 Å². The second-order valence-corrected chi connectivity index (χ2v) is 7.20. The fraction of sp³-hybridized carbons (Fsp3) is 0.278. The largest absolute Gasteiger partial charge is 0.318 e. The maximum atomic E-state index is 12.6. The summed E-state index contributed by atoms with van der Waals surface area (Å²) in [7, 11) is -2.33. The van der Waals surface area contributed by atoms with Gasteiger partial charge < -0.3 is 4.57 Å². The van der Waals surface area contributed by atoms with Crippen LogP contribution in [0.15, 0.2) is 36.4 Å². The molecular weight excluding hydrogens is 279 g/mol. The molecule has 0 aliphatic carbocycles. The lowest BCUT2D eigenvalue weighted by Crippen LogP contribution is -2.04. The van der Waals surface area contributed by atoms with Crippen LogP contribution >= 0.6 is 7.80 Å². The Hall–Kier alpha value is -1.66. The average molecular weight is 300 g/mol. The predicted molar refractivity (Wildman–Crippen MR) is 88.9 cm³/mol. The Bertz CT molecular complexity index is 703. The Labute approximate surface area is 127 Å². The third-order valence-corrected chi connectivity index (χ3v) is 5.53. The van der Waals surface area contributed by atoms with E-state index in [4.69, 9.17) is 0 Å². The van der Waals surface area contributed by atoms with Gasteiger partial charge in [-0.3, -0.25) is 4.79 Å². The van der Waals surface area contributed by atoms with Gasteiger partial charge in [0.05, 0.1) is 0 Å². The molecule has 0 fully saturated rings. The summed E-state index contributed by atoms with van der Waals surface area (Å²) in [4.78, 5) is 12.6. The number of carbonyl (C=O) groups is 1. The van der Waals surface area contributed by atoms with Crippen LogP contribution in [0.2, 0.25) is 0 Å². The number of rotatable bonds is 4. The monoisotopic (exact) mass is 300 g/mol. The van der Waals surface area contributed by atoms with Gasteiger partial charge in [-0.1, -0.05) is 36.4 Å². The molecule has 0 amide bonds. The zero-order valence-electron chi connectivity index (χ0n) is 13.0. The minimum absolute atomic E-state index is 0.193. The van der Waals surface area contributed by atoms with Gasteiger partial charge in [-0.25, -0.2) is 0 Å². The summed E-state index contributed by atoms with van der Waals surface area (Å²) < 4.78 is 12.4. The van der Waals surface area contributed by atoms with Gasteiger partial charge in [0, 0.05) is 11.7 Å². The molecule has 0 aliphatic heterocycles. The molecule has 2 nitrogen and oxygen atoms in total. The summed E-state index contributed by atoms with van der Waals surface area (Å²) in [5.41, 5.74) is 5.58. The zero-order chi connectivity index (χ0) is 15.6. The minimum Gasteiger partial charge on any atom is -0.318 e. The van der Waals surface area contributed by atoms with Crippen LogP contribution in [0.25, 0.3) is 0 Å². The van der Waals surface area contributed by atoms with E-state index in [9.17, 15) is 9.36 Å². The highest BCUT2D eigenvalue weighted by molar-refractivity contribution is 7.63. The fourth-order valence-electron chi connectivity index (χ4n) is 2.63. The van der Waals surface area contributed by atoms with Crippen molar-refractivity contribution in [2.75, 3.05) is 0 Å². The zero-order valence-corrected chi connectivity index (χ0v) is 14.0. The van der Waals surface area contributed by atoms with E-state index in [1.807, 2.05) is 64.1 Å². The lowest BCUT2D eigenvalue weighted by Gasteiger charge is -2.14. The summed E-state index contributed by atoms with van der Waals surface area (Å²) in [5, 5.41) is 0. The fourth-order valence-corrected chi connectivity index (χ4v) is 4.07. The first-order valence-electron chi connectivity index (χ1n) is 7.10. The molecule has 0 aliphatic rings. The normalized spacial score (nSPS) is 12.2. The van der Waals surface area contributed by atoms with Gasteiger partial charge in [0.2, 0.25) is 5.52 Å². The number of aryl methyl sites for hydroxylation is 2. The molecular formula is C18H21O2P. The van der Waals surface area contributed by atoms with Gasteiger partial charge in [-0.05, 0) is 55.5 Å². The van der Waals surface area contributed by atoms with Gasteiger partial charge >= 0.3 is 0 Å². The Kier molecular flexibility index (Phi) is 4.80. The average Bonchev–Trinajstić information content (AvgIpc) is 2.45. The summed E-state index contributed by atoms with van der Waals surface area (Å²) in [5.74, 6) is 0.